The molecule has 2 saturated heterocycles. The summed E-state index contributed by atoms with van der Waals surface area (Å²) in [6, 6.07) is 1.62. The third-order valence-electron chi connectivity index (χ3n) is 4.15. The number of aromatic carboxylic acids is 1. The Hall–Kier alpha value is -1.66. The number of fused-ring (bicyclic) bond motifs is 2. The Morgan fingerprint density at radius 2 is 2.40 bits per heavy atom. The summed E-state index contributed by atoms with van der Waals surface area (Å²) in [5.41, 5.74) is 1.86. The molecule has 0 aromatic carbocycles. The quantitative estimate of drug-likeness (QED) is 0.911. The van der Waals surface area contributed by atoms with Gasteiger partial charge in [0.25, 0.3) is 0 Å². The molecule has 20 heavy (non-hydrogen) atoms. The topological polar surface area (TPSA) is 75.2 Å². The van der Waals surface area contributed by atoms with Gasteiger partial charge in [-0.3, -0.25) is 0 Å². The molecule has 104 valence electrons. The normalized spacial score (nSPS) is 28.1. The molecule has 6 heteroatoms. The Bertz CT molecular complexity index is 663. The van der Waals surface area contributed by atoms with Crippen molar-refractivity contribution in [3.8, 4) is 11.3 Å². The van der Waals surface area contributed by atoms with Crippen LogP contribution in [0.4, 0.5) is 0 Å². The van der Waals surface area contributed by atoms with Crippen LogP contribution in [-0.2, 0) is 4.74 Å². The number of hydrogen-bond acceptors (Lipinski definition) is 4. The molecule has 2 bridgehead atoms. The van der Waals surface area contributed by atoms with Gasteiger partial charge in [0, 0.05) is 23.1 Å². The monoisotopic (exact) mass is 290 g/mol. The number of thiazole rings is 1. The highest BCUT2D eigenvalue weighted by atomic mass is 32.1. The van der Waals surface area contributed by atoms with Gasteiger partial charge in [-0.2, -0.15) is 0 Å². The van der Waals surface area contributed by atoms with Crippen molar-refractivity contribution < 1.29 is 14.6 Å². The molecule has 0 radical (unpaired) electrons. The van der Waals surface area contributed by atoms with E-state index in [2.05, 4.69) is 9.97 Å². The number of hydrogen-bond donors (Lipinski definition) is 2. The van der Waals surface area contributed by atoms with Gasteiger partial charge in [0.1, 0.15) is 5.69 Å². The van der Waals surface area contributed by atoms with E-state index in [-0.39, 0.29) is 5.69 Å². The Balaban J connectivity index is 1.60. The molecular formula is C14H14N2O3S. The molecule has 4 rings (SSSR count). The summed E-state index contributed by atoms with van der Waals surface area (Å²) in [7, 11) is 0. The van der Waals surface area contributed by atoms with E-state index >= 15 is 0 Å². The predicted octanol–water partition coefficient (Wildman–Crippen LogP) is 2.87. The zero-order valence-corrected chi connectivity index (χ0v) is 11.5. The van der Waals surface area contributed by atoms with Crippen LogP contribution in [0.1, 0.15) is 40.7 Å². The molecule has 2 N–H and O–H groups in total. The number of ether oxygens (including phenoxy) is 1. The summed E-state index contributed by atoms with van der Waals surface area (Å²) < 4.78 is 5.87. The lowest BCUT2D eigenvalue weighted by molar-refractivity contribution is 0.0691. The number of rotatable bonds is 3. The highest BCUT2D eigenvalue weighted by Crippen LogP contribution is 2.45. The van der Waals surface area contributed by atoms with Crippen molar-refractivity contribution >= 4 is 17.3 Å². The molecular weight excluding hydrogens is 276 g/mol. The van der Waals surface area contributed by atoms with Gasteiger partial charge in [-0.1, -0.05) is 0 Å². The lowest BCUT2D eigenvalue weighted by atomic mass is 9.90. The molecule has 4 heterocycles. The first kappa shape index (κ1) is 12.1. The van der Waals surface area contributed by atoms with E-state index in [9.17, 15) is 4.79 Å². The second-order valence-corrected chi connectivity index (χ2v) is 6.28. The van der Waals surface area contributed by atoms with Gasteiger partial charge in [-0.15, -0.1) is 11.3 Å². The van der Waals surface area contributed by atoms with Crippen molar-refractivity contribution in [2.75, 3.05) is 0 Å². The molecule has 3 atom stereocenters. The maximum Gasteiger partial charge on any atom is 0.352 e. The average Bonchev–Trinajstić information content (AvgIpc) is 3.20. The largest absolute Gasteiger partial charge is 0.477 e. The first-order chi connectivity index (χ1) is 9.70. The average molecular weight is 290 g/mol. The van der Waals surface area contributed by atoms with Crippen LogP contribution in [-0.4, -0.2) is 33.3 Å². The fourth-order valence-electron chi connectivity index (χ4n) is 3.15. The number of carbonyl (C=O) groups is 1. The van der Waals surface area contributed by atoms with E-state index in [1.165, 1.54) is 6.42 Å². The number of nitrogens with one attached hydrogen (secondary N) is 1. The van der Waals surface area contributed by atoms with E-state index < -0.39 is 5.97 Å². The standard InChI is InChI=1S/C14H14N2O3S/c17-14(18)10-3-7(5-15-10)11-6-20-13(16-11)9-4-8-1-2-12(9)19-8/h3,5-6,8-9,12,15H,1-2,4H2,(H,17,18). The van der Waals surface area contributed by atoms with Crippen LogP contribution in [0.15, 0.2) is 17.6 Å². The number of H-pyrrole nitrogens is 1. The van der Waals surface area contributed by atoms with Crippen molar-refractivity contribution in [2.45, 2.75) is 37.4 Å². The van der Waals surface area contributed by atoms with Crippen LogP contribution >= 0.6 is 11.3 Å². The minimum Gasteiger partial charge on any atom is -0.477 e. The molecule has 2 fully saturated rings. The summed E-state index contributed by atoms with van der Waals surface area (Å²) in [6.07, 6.45) is 5.84. The predicted molar refractivity (Wildman–Crippen MR) is 74.1 cm³/mol. The van der Waals surface area contributed by atoms with Gasteiger partial charge in [0.2, 0.25) is 0 Å². The molecule has 2 aliphatic heterocycles. The lowest BCUT2D eigenvalue weighted by Crippen LogP contribution is -2.13. The van der Waals surface area contributed by atoms with Crippen molar-refractivity contribution in [1.82, 2.24) is 9.97 Å². The second-order valence-electron chi connectivity index (χ2n) is 5.39. The lowest BCUT2D eigenvalue weighted by Gasteiger charge is -2.15. The zero-order valence-electron chi connectivity index (χ0n) is 10.7. The third-order valence-corrected chi connectivity index (χ3v) is 5.13. The van der Waals surface area contributed by atoms with Crippen LogP contribution in [0.2, 0.25) is 0 Å². The first-order valence-electron chi connectivity index (χ1n) is 6.73. The maximum atomic E-state index is 10.9. The molecule has 5 nitrogen and oxygen atoms in total. The molecule has 0 spiro atoms. The van der Waals surface area contributed by atoms with Crippen LogP contribution in [0.5, 0.6) is 0 Å². The van der Waals surface area contributed by atoms with Gasteiger partial charge in [-0.25, -0.2) is 9.78 Å². The molecule has 0 amide bonds. The van der Waals surface area contributed by atoms with Gasteiger partial charge in [0.05, 0.1) is 22.9 Å². The Labute approximate surface area is 119 Å². The highest BCUT2D eigenvalue weighted by Gasteiger charge is 2.42. The van der Waals surface area contributed by atoms with Crippen molar-refractivity contribution in [3.05, 3.63) is 28.3 Å². The number of aromatic nitrogens is 2. The summed E-state index contributed by atoms with van der Waals surface area (Å²) in [5.74, 6) is -0.529. The van der Waals surface area contributed by atoms with Gasteiger partial charge in [-0.05, 0) is 25.3 Å². The van der Waals surface area contributed by atoms with Gasteiger partial charge >= 0.3 is 5.97 Å². The van der Waals surface area contributed by atoms with E-state index in [0.717, 1.165) is 29.1 Å². The fourth-order valence-corrected chi connectivity index (χ4v) is 4.15. The number of nitrogens with zero attached hydrogens (tertiary/aromatic N) is 1. The fraction of sp³-hybridized carbons (Fsp3) is 0.429. The van der Waals surface area contributed by atoms with E-state index in [0.29, 0.717) is 18.1 Å². The molecule has 2 aromatic heterocycles. The minimum atomic E-state index is -0.951. The minimum absolute atomic E-state index is 0.192. The number of carboxylic acids is 1. The molecule has 0 saturated carbocycles. The summed E-state index contributed by atoms with van der Waals surface area (Å²) in [5, 5.41) is 12.0. The smallest absolute Gasteiger partial charge is 0.352 e. The maximum absolute atomic E-state index is 10.9. The summed E-state index contributed by atoms with van der Waals surface area (Å²) in [6.45, 7) is 0. The molecule has 2 aliphatic rings. The van der Waals surface area contributed by atoms with Gasteiger partial charge in [0.15, 0.2) is 0 Å². The van der Waals surface area contributed by atoms with E-state index in [1.807, 2.05) is 5.38 Å². The zero-order chi connectivity index (χ0) is 13.7. The molecule has 3 unspecified atom stereocenters. The number of carboxylic acid groups (broad SMARTS) is 1. The SMILES string of the molecule is O=C(O)c1cc(-c2csc(C3CC4CCC3O4)n2)c[nH]1. The molecule has 0 aliphatic carbocycles. The van der Waals surface area contributed by atoms with E-state index in [1.54, 1.807) is 23.6 Å². The molecule has 2 aromatic rings. The Morgan fingerprint density at radius 3 is 3.05 bits per heavy atom. The summed E-state index contributed by atoms with van der Waals surface area (Å²) >= 11 is 1.65. The van der Waals surface area contributed by atoms with Crippen LogP contribution in [0, 0.1) is 0 Å². The van der Waals surface area contributed by atoms with Crippen molar-refractivity contribution in [3.63, 3.8) is 0 Å². The Morgan fingerprint density at radius 1 is 1.50 bits per heavy atom. The van der Waals surface area contributed by atoms with Crippen LogP contribution < -0.4 is 0 Å². The van der Waals surface area contributed by atoms with Crippen molar-refractivity contribution in [2.24, 2.45) is 0 Å². The first-order valence-corrected chi connectivity index (χ1v) is 7.61. The second kappa shape index (κ2) is 4.43. The highest BCUT2D eigenvalue weighted by molar-refractivity contribution is 7.10. The Kier molecular flexibility index (Phi) is 2.68. The van der Waals surface area contributed by atoms with Crippen LogP contribution in [0.3, 0.4) is 0 Å². The van der Waals surface area contributed by atoms with E-state index in [4.69, 9.17) is 9.84 Å². The number of aromatic amines is 1. The van der Waals surface area contributed by atoms with Crippen molar-refractivity contribution in [1.29, 1.82) is 0 Å². The third kappa shape index (κ3) is 1.87. The summed E-state index contributed by atoms with van der Waals surface area (Å²) in [4.78, 5) is 18.3. The van der Waals surface area contributed by atoms with Gasteiger partial charge < -0.3 is 14.8 Å². The van der Waals surface area contributed by atoms with Crippen LogP contribution in [0.25, 0.3) is 11.3 Å².